The molecule has 24 heavy (non-hydrogen) atoms. The number of pyridine rings is 1. The van der Waals surface area contributed by atoms with Gasteiger partial charge in [0.15, 0.2) is 5.78 Å². The normalized spacial score (nSPS) is 10.8. The van der Waals surface area contributed by atoms with Crippen molar-refractivity contribution in [2.45, 2.75) is 19.8 Å². The first kappa shape index (κ1) is 18.1. The third kappa shape index (κ3) is 5.74. The highest BCUT2D eigenvalue weighted by Gasteiger charge is 2.06. The molecule has 0 aliphatic carbocycles. The van der Waals surface area contributed by atoms with Crippen LogP contribution in [0.5, 0.6) is 0 Å². The zero-order chi connectivity index (χ0) is 17.4. The van der Waals surface area contributed by atoms with Crippen molar-refractivity contribution < 1.29 is 14.3 Å². The Morgan fingerprint density at radius 3 is 2.67 bits per heavy atom. The molecule has 4 nitrogen and oxygen atoms in total. The smallest absolute Gasteiger partial charge is 0.330 e. The molecule has 124 valence electrons. The molecule has 0 saturated heterocycles. The van der Waals surface area contributed by atoms with Gasteiger partial charge in [-0.3, -0.25) is 9.78 Å². The maximum atomic E-state index is 12.0. The summed E-state index contributed by atoms with van der Waals surface area (Å²) in [6.07, 6.45) is 7.29. The van der Waals surface area contributed by atoms with E-state index in [1.807, 2.05) is 25.1 Å². The Hall–Kier alpha value is -2.27. The molecule has 0 amide bonds. The minimum Gasteiger partial charge on any atom is -0.463 e. The van der Waals surface area contributed by atoms with E-state index in [1.165, 1.54) is 6.08 Å². The maximum absolute atomic E-state index is 12.0. The molecule has 1 aromatic carbocycles. The largest absolute Gasteiger partial charge is 0.463 e. The fourth-order valence-corrected chi connectivity index (χ4v) is 2.31. The molecule has 0 unspecified atom stereocenters. The summed E-state index contributed by atoms with van der Waals surface area (Å²) in [6, 6.07) is 9.09. The quantitative estimate of drug-likeness (QED) is 0.306. The molecule has 0 N–H and O–H groups in total. The molecule has 0 atom stereocenters. The van der Waals surface area contributed by atoms with Crippen molar-refractivity contribution in [3.8, 4) is 0 Å². The summed E-state index contributed by atoms with van der Waals surface area (Å²) in [5, 5.41) is 0. The van der Waals surface area contributed by atoms with E-state index in [-0.39, 0.29) is 12.4 Å². The van der Waals surface area contributed by atoms with Crippen LogP contribution in [0.1, 0.15) is 34.3 Å². The minimum atomic E-state index is -0.422. The van der Waals surface area contributed by atoms with Crippen LogP contribution in [-0.2, 0) is 9.53 Å². The highest BCUT2D eigenvalue weighted by Crippen LogP contribution is 2.12. The topological polar surface area (TPSA) is 56.3 Å². The number of ketones is 1. The third-order valence-electron chi connectivity index (χ3n) is 3.44. The van der Waals surface area contributed by atoms with Crippen LogP contribution in [0, 0.1) is 6.92 Å². The molecule has 2 rings (SSSR count). The van der Waals surface area contributed by atoms with Gasteiger partial charge in [0.25, 0.3) is 0 Å². The van der Waals surface area contributed by atoms with Crippen molar-refractivity contribution in [2.75, 3.05) is 6.61 Å². The van der Waals surface area contributed by atoms with Gasteiger partial charge in [0, 0.05) is 34.9 Å². The van der Waals surface area contributed by atoms with E-state index >= 15 is 0 Å². The SMILES string of the molecule is Cc1ccncc1/C=C/C(=O)OCCCC(=O)c1ccc(Br)cc1. The number of esters is 1. The van der Waals surface area contributed by atoms with Crippen molar-refractivity contribution >= 4 is 33.8 Å². The van der Waals surface area contributed by atoms with Crippen LogP contribution < -0.4 is 0 Å². The van der Waals surface area contributed by atoms with E-state index < -0.39 is 5.97 Å². The van der Waals surface area contributed by atoms with Gasteiger partial charge >= 0.3 is 5.97 Å². The number of hydrogen-bond donors (Lipinski definition) is 0. The molecule has 0 aliphatic rings. The van der Waals surface area contributed by atoms with E-state index in [1.54, 1.807) is 30.6 Å². The average Bonchev–Trinajstić information content (AvgIpc) is 2.58. The number of Topliss-reactive ketones (excluding diaryl/α,β-unsaturated/α-hetero) is 1. The van der Waals surface area contributed by atoms with Gasteiger partial charge in [-0.2, -0.15) is 0 Å². The third-order valence-corrected chi connectivity index (χ3v) is 3.97. The zero-order valence-electron chi connectivity index (χ0n) is 13.4. The van der Waals surface area contributed by atoms with Crippen LogP contribution >= 0.6 is 15.9 Å². The van der Waals surface area contributed by atoms with E-state index in [2.05, 4.69) is 20.9 Å². The molecule has 0 fully saturated rings. The second kappa shape index (κ2) is 9.13. The van der Waals surface area contributed by atoms with Gasteiger partial charge in [-0.25, -0.2) is 4.79 Å². The fraction of sp³-hybridized carbons (Fsp3) is 0.211. The summed E-state index contributed by atoms with van der Waals surface area (Å²) in [5.41, 5.74) is 2.57. The van der Waals surface area contributed by atoms with Gasteiger partial charge in [0.1, 0.15) is 0 Å². The number of benzene rings is 1. The lowest BCUT2D eigenvalue weighted by atomic mass is 10.1. The molecule has 0 bridgehead atoms. The molecule has 2 aromatic rings. The summed E-state index contributed by atoms with van der Waals surface area (Å²) in [7, 11) is 0. The van der Waals surface area contributed by atoms with Crippen LogP contribution in [0.2, 0.25) is 0 Å². The van der Waals surface area contributed by atoms with Crippen LogP contribution in [0.15, 0.2) is 53.3 Å². The Morgan fingerprint density at radius 1 is 1.21 bits per heavy atom. The number of ether oxygens (including phenoxy) is 1. The second-order valence-corrected chi connectivity index (χ2v) is 6.18. The predicted octanol–water partition coefficient (Wildman–Crippen LogP) is 4.37. The summed E-state index contributed by atoms with van der Waals surface area (Å²) in [4.78, 5) is 27.6. The van der Waals surface area contributed by atoms with Crippen LogP contribution in [-0.4, -0.2) is 23.3 Å². The molecular weight excluding hydrogens is 370 g/mol. The number of hydrogen-bond acceptors (Lipinski definition) is 4. The van der Waals surface area contributed by atoms with E-state index in [9.17, 15) is 9.59 Å². The summed E-state index contributed by atoms with van der Waals surface area (Å²) in [5.74, 6) is -0.380. The van der Waals surface area contributed by atoms with Gasteiger partial charge in [0.2, 0.25) is 0 Å². The molecular formula is C19H18BrNO3. The Bertz CT molecular complexity index is 739. The first-order valence-electron chi connectivity index (χ1n) is 7.60. The van der Waals surface area contributed by atoms with Crippen molar-refractivity contribution in [3.63, 3.8) is 0 Å². The van der Waals surface area contributed by atoms with E-state index in [0.717, 1.165) is 15.6 Å². The lowest BCUT2D eigenvalue weighted by Crippen LogP contribution is -2.05. The van der Waals surface area contributed by atoms with Crippen molar-refractivity contribution in [2.24, 2.45) is 0 Å². The summed E-state index contributed by atoms with van der Waals surface area (Å²) < 4.78 is 6.04. The number of nitrogens with zero attached hydrogens (tertiary/aromatic N) is 1. The number of carbonyl (C=O) groups is 2. The van der Waals surface area contributed by atoms with Crippen molar-refractivity contribution in [1.29, 1.82) is 0 Å². The summed E-state index contributed by atoms with van der Waals surface area (Å²) >= 11 is 3.33. The molecule has 5 heteroatoms. The van der Waals surface area contributed by atoms with Crippen molar-refractivity contribution in [3.05, 3.63) is 70.0 Å². The number of aromatic nitrogens is 1. The van der Waals surface area contributed by atoms with Crippen LogP contribution in [0.4, 0.5) is 0 Å². The van der Waals surface area contributed by atoms with Gasteiger partial charge < -0.3 is 4.74 Å². The molecule has 1 aromatic heterocycles. The van der Waals surface area contributed by atoms with E-state index in [4.69, 9.17) is 4.74 Å². The highest BCUT2D eigenvalue weighted by atomic mass is 79.9. The van der Waals surface area contributed by atoms with Crippen LogP contribution in [0.3, 0.4) is 0 Å². The maximum Gasteiger partial charge on any atom is 0.330 e. The summed E-state index contributed by atoms with van der Waals surface area (Å²) in [6.45, 7) is 2.16. The number of halogens is 1. The highest BCUT2D eigenvalue weighted by molar-refractivity contribution is 9.10. The van der Waals surface area contributed by atoms with Gasteiger partial charge in [-0.15, -0.1) is 0 Å². The first-order valence-corrected chi connectivity index (χ1v) is 8.40. The molecule has 0 radical (unpaired) electrons. The lowest BCUT2D eigenvalue weighted by Gasteiger charge is -2.03. The number of rotatable bonds is 7. The lowest BCUT2D eigenvalue weighted by molar-refractivity contribution is -0.137. The van der Waals surface area contributed by atoms with Crippen molar-refractivity contribution in [1.82, 2.24) is 4.98 Å². The monoisotopic (exact) mass is 387 g/mol. The Kier molecular flexibility index (Phi) is 6.88. The second-order valence-electron chi connectivity index (χ2n) is 5.27. The van der Waals surface area contributed by atoms with Crippen LogP contribution in [0.25, 0.3) is 6.08 Å². The van der Waals surface area contributed by atoms with Gasteiger partial charge in [-0.1, -0.05) is 28.1 Å². The fourth-order valence-electron chi connectivity index (χ4n) is 2.04. The Morgan fingerprint density at radius 2 is 1.96 bits per heavy atom. The Balaban J connectivity index is 1.72. The zero-order valence-corrected chi connectivity index (χ0v) is 15.0. The minimum absolute atomic E-state index is 0.0417. The molecule has 0 spiro atoms. The van der Waals surface area contributed by atoms with Gasteiger partial charge in [0.05, 0.1) is 6.61 Å². The number of carbonyl (C=O) groups excluding carboxylic acids is 2. The predicted molar refractivity (Wildman–Crippen MR) is 96.7 cm³/mol. The molecule has 0 aliphatic heterocycles. The number of aryl methyl sites for hydroxylation is 1. The molecule has 0 saturated carbocycles. The first-order chi connectivity index (χ1) is 11.6. The molecule has 1 heterocycles. The average molecular weight is 388 g/mol. The standard InChI is InChI=1S/C19H18BrNO3/c1-14-10-11-21-13-16(14)6-9-19(23)24-12-2-3-18(22)15-4-7-17(20)8-5-15/h4-11,13H,2-3,12H2,1H3/b9-6+. The van der Waals surface area contributed by atoms with E-state index in [0.29, 0.717) is 18.4 Å². The van der Waals surface area contributed by atoms with Gasteiger partial charge in [-0.05, 0) is 48.7 Å². The Labute approximate surface area is 149 Å².